The number of carbonyl (C=O) groups is 1. The third-order valence-corrected chi connectivity index (χ3v) is 3.07. The van der Waals surface area contributed by atoms with Gasteiger partial charge in [-0.3, -0.25) is 10.1 Å². The molecule has 0 saturated carbocycles. The maximum atomic E-state index is 11.9. The molecule has 0 bridgehead atoms. The first-order valence-electron chi connectivity index (χ1n) is 5.99. The van der Waals surface area contributed by atoms with Gasteiger partial charge in [0.1, 0.15) is 0 Å². The van der Waals surface area contributed by atoms with Crippen molar-refractivity contribution in [2.45, 2.75) is 6.92 Å². The Morgan fingerprint density at radius 3 is 2.50 bits per heavy atom. The highest BCUT2D eigenvalue weighted by Gasteiger charge is 2.07. The molecular formula is C15H13ClN2OS. The molecule has 0 saturated heterocycles. The molecule has 0 fully saturated rings. The normalized spacial score (nSPS) is 9.90. The topological polar surface area (TPSA) is 41.1 Å². The van der Waals surface area contributed by atoms with Gasteiger partial charge in [-0.05, 0) is 61.1 Å². The fourth-order valence-electron chi connectivity index (χ4n) is 1.66. The van der Waals surface area contributed by atoms with Crippen molar-refractivity contribution in [1.29, 1.82) is 0 Å². The first kappa shape index (κ1) is 14.5. The molecule has 0 aromatic heterocycles. The van der Waals surface area contributed by atoms with Crippen molar-refractivity contribution in [2.24, 2.45) is 0 Å². The van der Waals surface area contributed by atoms with Gasteiger partial charge in [0.05, 0.1) is 0 Å². The predicted molar refractivity (Wildman–Crippen MR) is 86.3 cm³/mol. The average molecular weight is 305 g/mol. The minimum Gasteiger partial charge on any atom is -0.332 e. The zero-order chi connectivity index (χ0) is 14.5. The summed E-state index contributed by atoms with van der Waals surface area (Å²) in [5.74, 6) is -0.271. The van der Waals surface area contributed by atoms with Crippen LogP contribution in [0.2, 0.25) is 5.02 Å². The molecule has 0 atom stereocenters. The highest BCUT2D eigenvalue weighted by atomic mass is 35.5. The summed E-state index contributed by atoms with van der Waals surface area (Å²) in [5.41, 5.74) is 2.45. The highest BCUT2D eigenvalue weighted by Crippen LogP contribution is 2.11. The van der Waals surface area contributed by atoms with Crippen molar-refractivity contribution in [2.75, 3.05) is 5.32 Å². The second kappa shape index (κ2) is 6.50. The highest BCUT2D eigenvalue weighted by molar-refractivity contribution is 7.80. The summed E-state index contributed by atoms with van der Waals surface area (Å²) in [5, 5.41) is 6.44. The third-order valence-electron chi connectivity index (χ3n) is 2.61. The summed E-state index contributed by atoms with van der Waals surface area (Å²) in [4.78, 5) is 11.9. The first-order chi connectivity index (χ1) is 9.54. The molecule has 2 N–H and O–H groups in total. The number of nitrogens with one attached hydrogen (secondary N) is 2. The number of anilines is 1. The van der Waals surface area contributed by atoms with E-state index in [9.17, 15) is 4.79 Å². The number of thiocarbonyl (C=S) groups is 1. The summed E-state index contributed by atoms with van der Waals surface area (Å²) in [6.45, 7) is 1.99. The number of hydrogen-bond acceptors (Lipinski definition) is 2. The largest absolute Gasteiger partial charge is 0.332 e. The van der Waals surface area contributed by atoms with Crippen molar-refractivity contribution in [3.05, 3.63) is 64.7 Å². The van der Waals surface area contributed by atoms with E-state index in [4.69, 9.17) is 23.8 Å². The number of benzene rings is 2. The summed E-state index contributed by atoms with van der Waals surface area (Å²) in [6, 6.07) is 14.3. The van der Waals surface area contributed by atoms with Crippen LogP contribution in [-0.2, 0) is 0 Å². The van der Waals surface area contributed by atoms with Gasteiger partial charge in [-0.2, -0.15) is 0 Å². The van der Waals surface area contributed by atoms with Crippen LogP contribution >= 0.6 is 23.8 Å². The van der Waals surface area contributed by atoms with Crippen molar-refractivity contribution >= 4 is 40.5 Å². The SMILES string of the molecule is Cc1cccc(NC(=S)NC(=O)c2ccc(Cl)cc2)c1. The van der Waals surface area contributed by atoms with E-state index in [0.29, 0.717) is 10.6 Å². The van der Waals surface area contributed by atoms with Crippen molar-refractivity contribution < 1.29 is 4.79 Å². The fourth-order valence-corrected chi connectivity index (χ4v) is 2.00. The van der Waals surface area contributed by atoms with E-state index in [2.05, 4.69) is 10.6 Å². The Morgan fingerprint density at radius 1 is 1.15 bits per heavy atom. The van der Waals surface area contributed by atoms with Crippen LogP contribution in [-0.4, -0.2) is 11.0 Å². The Morgan fingerprint density at radius 2 is 1.85 bits per heavy atom. The van der Waals surface area contributed by atoms with E-state index in [1.54, 1.807) is 24.3 Å². The Labute approximate surface area is 128 Å². The second-order valence-corrected chi connectivity index (χ2v) is 5.13. The lowest BCUT2D eigenvalue weighted by molar-refractivity contribution is 0.0978. The molecule has 0 aliphatic heterocycles. The Balaban J connectivity index is 1.97. The number of carbonyl (C=O) groups excluding carboxylic acids is 1. The van der Waals surface area contributed by atoms with Crippen LogP contribution in [0.4, 0.5) is 5.69 Å². The molecule has 3 nitrogen and oxygen atoms in total. The minimum atomic E-state index is -0.271. The minimum absolute atomic E-state index is 0.260. The fraction of sp³-hybridized carbons (Fsp3) is 0.0667. The number of aryl methyl sites for hydroxylation is 1. The first-order valence-corrected chi connectivity index (χ1v) is 6.78. The molecule has 2 aromatic rings. The Hall–Kier alpha value is -1.91. The molecule has 0 aliphatic rings. The molecule has 2 rings (SSSR count). The lowest BCUT2D eigenvalue weighted by atomic mass is 10.2. The maximum absolute atomic E-state index is 11.9. The van der Waals surface area contributed by atoms with Crippen LogP contribution in [0.5, 0.6) is 0 Å². The van der Waals surface area contributed by atoms with Gasteiger partial charge in [0, 0.05) is 16.3 Å². The molecule has 0 heterocycles. The van der Waals surface area contributed by atoms with Gasteiger partial charge in [-0.25, -0.2) is 0 Å². The second-order valence-electron chi connectivity index (χ2n) is 4.28. The zero-order valence-corrected chi connectivity index (χ0v) is 12.4. The van der Waals surface area contributed by atoms with Crippen LogP contribution in [0.3, 0.4) is 0 Å². The van der Waals surface area contributed by atoms with Crippen LogP contribution in [0.1, 0.15) is 15.9 Å². The van der Waals surface area contributed by atoms with Crippen molar-refractivity contribution in [1.82, 2.24) is 5.32 Å². The molecule has 0 spiro atoms. The van der Waals surface area contributed by atoms with Gasteiger partial charge in [0.2, 0.25) is 0 Å². The van der Waals surface area contributed by atoms with E-state index >= 15 is 0 Å². The van der Waals surface area contributed by atoms with E-state index < -0.39 is 0 Å². The number of amides is 1. The lowest BCUT2D eigenvalue weighted by Crippen LogP contribution is -2.34. The molecule has 1 amide bonds. The van der Waals surface area contributed by atoms with Crippen LogP contribution in [0, 0.1) is 6.92 Å². The molecule has 0 radical (unpaired) electrons. The summed E-state index contributed by atoms with van der Waals surface area (Å²) >= 11 is 10.9. The van der Waals surface area contributed by atoms with Gasteiger partial charge >= 0.3 is 0 Å². The quantitative estimate of drug-likeness (QED) is 0.830. The number of rotatable bonds is 2. The van der Waals surface area contributed by atoms with Gasteiger partial charge < -0.3 is 5.32 Å². The Bertz CT molecular complexity index is 641. The molecule has 102 valence electrons. The molecule has 0 aliphatic carbocycles. The monoisotopic (exact) mass is 304 g/mol. The van der Waals surface area contributed by atoms with Crippen LogP contribution < -0.4 is 10.6 Å². The van der Waals surface area contributed by atoms with Gasteiger partial charge in [0.15, 0.2) is 5.11 Å². The zero-order valence-electron chi connectivity index (χ0n) is 10.8. The van der Waals surface area contributed by atoms with E-state index in [1.165, 1.54) is 0 Å². The average Bonchev–Trinajstić information content (AvgIpc) is 2.39. The van der Waals surface area contributed by atoms with Gasteiger partial charge in [-0.1, -0.05) is 23.7 Å². The number of halogens is 1. The third kappa shape index (κ3) is 4.05. The summed E-state index contributed by atoms with van der Waals surface area (Å²) < 4.78 is 0. The maximum Gasteiger partial charge on any atom is 0.257 e. The summed E-state index contributed by atoms with van der Waals surface area (Å²) in [6.07, 6.45) is 0. The van der Waals surface area contributed by atoms with Gasteiger partial charge in [-0.15, -0.1) is 0 Å². The smallest absolute Gasteiger partial charge is 0.257 e. The van der Waals surface area contributed by atoms with Crippen molar-refractivity contribution in [3.63, 3.8) is 0 Å². The molecule has 0 unspecified atom stereocenters. The Kier molecular flexibility index (Phi) is 4.71. The molecular weight excluding hydrogens is 292 g/mol. The summed E-state index contributed by atoms with van der Waals surface area (Å²) in [7, 11) is 0. The standard InChI is InChI=1S/C15H13ClN2OS/c1-10-3-2-4-13(9-10)17-15(20)18-14(19)11-5-7-12(16)8-6-11/h2-9H,1H3,(H2,17,18,19,20). The van der Waals surface area contributed by atoms with Crippen LogP contribution in [0.15, 0.2) is 48.5 Å². The molecule has 5 heteroatoms. The van der Waals surface area contributed by atoms with Gasteiger partial charge in [0.25, 0.3) is 5.91 Å². The van der Waals surface area contributed by atoms with Crippen molar-refractivity contribution in [3.8, 4) is 0 Å². The molecule has 2 aromatic carbocycles. The van der Waals surface area contributed by atoms with E-state index in [0.717, 1.165) is 11.3 Å². The molecule has 20 heavy (non-hydrogen) atoms. The lowest BCUT2D eigenvalue weighted by Gasteiger charge is -2.10. The van der Waals surface area contributed by atoms with Crippen LogP contribution in [0.25, 0.3) is 0 Å². The van der Waals surface area contributed by atoms with E-state index in [-0.39, 0.29) is 11.0 Å². The number of hydrogen-bond donors (Lipinski definition) is 2. The predicted octanol–water partition coefficient (Wildman–Crippen LogP) is 3.78. The van der Waals surface area contributed by atoms with E-state index in [1.807, 2.05) is 31.2 Å².